The smallest absolute Gasteiger partial charge is 0.410 e. The highest BCUT2D eigenvalue weighted by Crippen LogP contribution is 2.23. The number of hydrogen-bond acceptors (Lipinski definition) is 7. The molecule has 2 aliphatic heterocycles. The number of carbonyl (C=O) groups excluding carboxylic acids is 3. The summed E-state index contributed by atoms with van der Waals surface area (Å²) in [4.78, 5) is 46.3. The predicted octanol–water partition coefficient (Wildman–Crippen LogP) is 5.70. The van der Waals surface area contributed by atoms with Crippen molar-refractivity contribution < 1.29 is 19.1 Å². The zero-order valence-electron chi connectivity index (χ0n) is 21.5. The predicted molar refractivity (Wildman–Crippen MR) is 149 cm³/mol. The number of hydrogen-bond donors (Lipinski definition) is 1. The minimum absolute atomic E-state index is 0.0540. The van der Waals surface area contributed by atoms with Crippen molar-refractivity contribution in [3.63, 3.8) is 0 Å². The maximum atomic E-state index is 12.4. The Morgan fingerprint density at radius 3 is 1.70 bits per heavy atom. The highest BCUT2D eigenvalue weighted by Gasteiger charge is 2.30. The summed E-state index contributed by atoms with van der Waals surface area (Å²) in [6.07, 6.45) is 6.14. The van der Waals surface area contributed by atoms with Gasteiger partial charge in [-0.1, -0.05) is 0 Å². The Morgan fingerprint density at radius 1 is 0.838 bits per heavy atom. The first kappa shape index (κ1) is 29.4. The Morgan fingerprint density at radius 2 is 1.30 bits per heavy atom. The van der Waals surface area contributed by atoms with Crippen LogP contribution in [0.1, 0.15) is 67.2 Å². The third-order valence-corrected chi connectivity index (χ3v) is 7.19. The minimum atomic E-state index is -0.493. The number of piperidine rings is 2. The summed E-state index contributed by atoms with van der Waals surface area (Å²) in [5.74, 6) is 0.455. The summed E-state index contributed by atoms with van der Waals surface area (Å²) < 4.78 is 6.84. The van der Waals surface area contributed by atoms with Gasteiger partial charge in [-0.2, -0.15) is 0 Å². The lowest BCUT2D eigenvalue weighted by Gasteiger charge is -2.32. The molecule has 2 aromatic rings. The molecule has 200 valence electrons. The van der Waals surface area contributed by atoms with Gasteiger partial charge in [-0.25, -0.2) is 14.8 Å². The second-order valence-electron chi connectivity index (χ2n) is 10.2. The first-order valence-electron chi connectivity index (χ1n) is 12.5. The van der Waals surface area contributed by atoms with Gasteiger partial charge in [0, 0.05) is 48.4 Å². The van der Waals surface area contributed by atoms with Crippen LogP contribution in [0, 0.1) is 11.8 Å². The Labute approximate surface area is 235 Å². The molecule has 0 unspecified atom stereocenters. The third-order valence-electron chi connectivity index (χ3n) is 6.25. The van der Waals surface area contributed by atoms with Crippen molar-refractivity contribution in [3.05, 3.63) is 57.0 Å². The highest BCUT2D eigenvalue weighted by atomic mass is 79.9. The molecule has 4 rings (SSSR count). The van der Waals surface area contributed by atoms with Crippen LogP contribution in [-0.4, -0.2) is 64.3 Å². The number of ketones is 2. The van der Waals surface area contributed by atoms with E-state index in [1.54, 1.807) is 29.4 Å². The molecule has 0 atom stereocenters. The van der Waals surface area contributed by atoms with Gasteiger partial charge in [0.15, 0.2) is 11.6 Å². The molecular formula is C27H34Br2N4O4. The zero-order chi connectivity index (χ0) is 27.0. The van der Waals surface area contributed by atoms with E-state index in [1.807, 2.05) is 32.9 Å². The van der Waals surface area contributed by atoms with Crippen LogP contribution in [0.4, 0.5) is 4.79 Å². The SMILES string of the molecule is CC(C)(C)OC(=O)N1CCC(C(=O)c2ccc(Br)nc2)CC1.O=C(c1ccc(Br)nc1)C1CCNCC1. The molecule has 0 aromatic carbocycles. The maximum absolute atomic E-state index is 12.4. The molecule has 4 heterocycles. The van der Waals surface area contributed by atoms with Gasteiger partial charge >= 0.3 is 6.09 Å². The number of nitrogens with zero attached hydrogens (tertiary/aromatic N) is 3. The number of halogens is 2. The number of amides is 1. The summed E-state index contributed by atoms with van der Waals surface area (Å²) in [6, 6.07) is 7.19. The van der Waals surface area contributed by atoms with Crippen LogP contribution in [0.5, 0.6) is 0 Å². The average molecular weight is 638 g/mol. The Kier molecular flexibility index (Phi) is 10.8. The molecule has 0 aliphatic carbocycles. The van der Waals surface area contributed by atoms with Crippen LogP contribution in [0.15, 0.2) is 45.9 Å². The first-order chi connectivity index (χ1) is 17.5. The van der Waals surface area contributed by atoms with Crippen molar-refractivity contribution in [1.82, 2.24) is 20.2 Å². The number of Topliss-reactive ketones (excluding diaryl/α,β-unsaturated/α-hetero) is 2. The molecule has 37 heavy (non-hydrogen) atoms. The number of likely N-dealkylation sites (tertiary alicyclic amines) is 1. The second-order valence-corrected chi connectivity index (χ2v) is 11.9. The van der Waals surface area contributed by atoms with Crippen LogP contribution < -0.4 is 5.32 Å². The normalized spacial score (nSPS) is 16.9. The Hall–Kier alpha value is -2.17. The zero-order valence-corrected chi connectivity index (χ0v) is 24.7. The lowest BCUT2D eigenvalue weighted by Crippen LogP contribution is -2.43. The monoisotopic (exact) mass is 636 g/mol. The summed E-state index contributed by atoms with van der Waals surface area (Å²) >= 11 is 6.52. The molecule has 0 saturated carbocycles. The van der Waals surface area contributed by atoms with E-state index < -0.39 is 5.60 Å². The van der Waals surface area contributed by atoms with Crippen molar-refractivity contribution in [1.29, 1.82) is 0 Å². The largest absolute Gasteiger partial charge is 0.444 e. The second kappa shape index (κ2) is 13.6. The van der Waals surface area contributed by atoms with Crippen molar-refractivity contribution in [2.75, 3.05) is 26.2 Å². The maximum Gasteiger partial charge on any atom is 0.410 e. The molecule has 1 N–H and O–H groups in total. The molecule has 2 saturated heterocycles. The van der Waals surface area contributed by atoms with E-state index in [9.17, 15) is 14.4 Å². The molecule has 0 radical (unpaired) electrons. The molecule has 0 bridgehead atoms. The number of pyridine rings is 2. The third kappa shape index (κ3) is 9.26. The van der Waals surface area contributed by atoms with Crippen LogP contribution >= 0.6 is 31.9 Å². The van der Waals surface area contributed by atoms with E-state index in [2.05, 4.69) is 47.1 Å². The van der Waals surface area contributed by atoms with Crippen LogP contribution in [0.25, 0.3) is 0 Å². The number of nitrogens with one attached hydrogen (secondary N) is 1. The number of ether oxygens (including phenoxy) is 1. The van der Waals surface area contributed by atoms with Crippen molar-refractivity contribution in [2.45, 2.75) is 52.1 Å². The molecule has 2 aliphatic rings. The summed E-state index contributed by atoms with van der Waals surface area (Å²) in [5.41, 5.74) is 0.858. The van der Waals surface area contributed by atoms with E-state index >= 15 is 0 Å². The van der Waals surface area contributed by atoms with Crippen LogP contribution in [-0.2, 0) is 4.74 Å². The standard InChI is InChI=1S/C16H21BrN2O3.C11H13BrN2O/c1-16(2,3)22-15(21)19-8-6-11(7-9-19)14(20)12-4-5-13(17)18-10-12;12-10-2-1-9(7-14-10)11(15)8-3-5-13-6-4-8/h4-5,10-11H,6-9H2,1-3H3;1-2,7-8,13H,3-6H2. The molecule has 8 nitrogen and oxygen atoms in total. The molecule has 0 spiro atoms. The summed E-state index contributed by atoms with van der Waals surface area (Å²) in [6.45, 7) is 8.54. The fraction of sp³-hybridized carbons (Fsp3) is 0.519. The van der Waals surface area contributed by atoms with Gasteiger partial charge in [-0.3, -0.25) is 9.59 Å². The van der Waals surface area contributed by atoms with E-state index in [-0.39, 0.29) is 29.5 Å². The Bertz CT molecular complexity index is 1060. The first-order valence-corrected chi connectivity index (χ1v) is 14.1. The van der Waals surface area contributed by atoms with Gasteiger partial charge in [-0.15, -0.1) is 0 Å². The molecule has 10 heteroatoms. The van der Waals surface area contributed by atoms with Crippen molar-refractivity contribution in [2.24, 2.45) is 11.8 Å². The van der Waals surface area contributed by atoms with Gasteiger partial charge in [0.05, 0.1) is 0 Å². The van der Waals surface area contributed by atoms with E-state index in [1.165, 1.54) is 0 Å². The summed E-state index contributed by atoms with van der Waals surface area (Å²) in [7, 11) is 0. The van der Waals surface area contributed by atoms with Crippen LogP contribution in [0.2, 0.25) is 0 Å². The van der Waals surface area contributed by atoms with E-state index in [0.29, 0.717) is 36.1 Å². The van der Waals surface area contributed by atoms with Gasteiger partial charge in [0.1, 0.15) is 14.8 Å². The molecule has 2 aromatic heterocycles. The number of aromatic nitrogens is 2. The fourth-order valence-corrected chi connectivity index (χ4v) is 4.72. The van der Waals surface area contributed by atoms with Gasteiger partial charge < -0.3 is 15.0 Å². The van der Waals surface area contributed by atoms with Crippen molar-refractivity contribution in [3.8, 4) is 0 Å². The number of carbonyl (C=O) groups is 3. The van der Waals surface area contributed by atoms with Gasteiger partial charge in [0.2, 0.25) is 0 Å². The minimum Gasteiger partial charge on any atom is -0.444 e. The van der Waals surface area contributed by atoms with E-state index in [0.717, 1.165) is 36.1 Å². The topological polar surface area (TPSA) is 101 Å². The lowest BCUT2D eigenvalue weighted by atomic mass is 9.89. The van der Waals surface area contributed by atoms with Crippen LogP contribution in [0.3, 0.4) is 0 Å². The van der Waals surface area contributed by atoms with Crippen molar-refractivity contribution >= 4 is 49.5 Å². The average Bonchev–Trinajstić information content (AvgIpc) is 2.89. The molecule has 2 fully saturated rings. The van der Waals surface area contributed by atoms with Gasteiger partial charge in [0.25, 0.3) is 0 Å². The quantitative estimate of drug-likeness (QED) is 0.339. The number of rotatable bonds is 4. The van der Waals surface area contributed by atoms with E-state index in [4.69, 9.17) is 4.74 Å². The molecule has 1 amide bonds. The fourth-order valence-electron chi connectivity index (χ4n) is 4.25. The highest BCUT2D eigenvalue weighted by molar-refractivity contribution is 9.10. The lowest BCUT2D eigenvalue weighted by molar-refractivity contribution is 0.0182. The van der Waals surface area contributed by atoms with Gasteiger partial charge in [-0.05, 0) is 116 Å². The summed E-state index contributed by atoms with van der Waals surface area (Å²) in [5, 5.41) is 3.25. The Balaban J connectivity index is 0.000000220. The molecular weight excluding hydrogens is 604 g/mol.